The summed E-state index contributed by atoms with van der Waals surface area (Å²) in [7, 11) is 1.60. The number of methoxy groups -OCH3 is 1. The van der Waals surface area contributed by atoms with Crippen LogP contribution in [0.5, 0.6) is 5.75 Å². The summed E-state index contributed by atoms with van der Waals surface area (Å²) in [5.74, 6) is 0.354. The van der Waals surface area contributed by atoms with E-state index >= 15 is 0 Å². The standard InChI is InChI=1S/C17H25N3O4/c1-23-14-4-2-13(3-5-14)10-19-15(21)11-20-16(22)17(12-18)6-8-24-9-7-17/h2-5H,6-12,18H2,1H3,(H,19,21)(H,20,22). The lowest BCUT2D eigenvalue weighted by Crippen LogP contribution is -2.51. The lowest BCUT2D eigenvalue weighted by molar-refractivity contribution is -0.137. The first-order valence-corrected chi connectivity index (χ1v) is 8.05. The van der Waals surface area contributed by atoms with E-state index in [2.05, 4.69) is 10.6 Å². The van der Waals surface area contributed by atoms with Gasteiger partial charge < -0.3 is 25.8 Å². The molecule has 2 rings (SSSR count). The number of rotatable bonds is 7. The number of benzene rings is 1. The predicted octanol–water partition coefficient (Wildman–Crippen LogP) is 0.183. The third-order valence-electron chi connectivity index (χ3n) is 4.38. The maximum absolute atomic E-state index is 12.4. The van der Waals surface area contributed by atoms with Crippen molar-refractivity contribution in [1.29, 1.82) is 0 Å². The van der Waals surface area contributed by atoms with Crippen LogP contribution in [0.25, 0.3) is 0 Å². The number of carbonyl (C=O) groups is 2. The molecule has 1 aliphatic heterocycles. The maximum atomic E-state index is 12.4. The Morgan fingerprint density at radius 1 is 1.21 bits per heavy atom. The Balaban J connectivity index is 1.76. The fraction of sp³-hybridized carbons (Fsp3) is 0.529. The molecule has 1 fully saturated rings. The van der Waals surface area contributed by atoms with Crippen LogP contribution in [-0.2, 0) is 20.9 Å². The zero-order valence-corrected chi connectivity index (χ0v) is 14.0. The molecule has 132 valence electrons. The number of hydrogen-bond donors (Lipinski definition) is 3. The van der Waals surface area contributed by atoms with Crippen molar-refractivity contribution in [2.45, 2.75) is 19.4 Å². The lowest BCUT2D eigenvalue weighted by atomic mass is 9.79. The molecule has 2 amide bonds. The fourth-order valence-electron chi connectivity index (χ4n) is 2.64. The highest BCUT2D eigenvalue weighted by Crippen LogP contribution is 2.29. The van der Waals surface area contributed by atoms with Crippen molar-refractivity contribution in [2.75, 3.05) is 33.4 Å². The van der Waals surface area contributed by atoms with Crippen LogP contribution in [0.4, 0.5) is 0 Å². The maximum Gasteiger partial charge on any atom is 0.239 e. The van der Waals surface area contributed by atoms with Gasteiger partial charge in [-0.1, -0.05) is 12.1 Å². The molecule has 1 saturated heterocycles. The second kappa shape index (κ2) is 8.65. The lowest BCUT2D eigenvalue weighted by Gasteiger charge is -2.34. The molecule has 0 bridgehead atoms. The average molecular weight is 335 g/mol. The van der Waals surface area contributed by atoms with E-state index in [1.807, 2.05) is 24.3 Å². The molecule has 1 aromatic rings. The van der Waals surface area contributed by atoms with Crippen molar-refractivity contribution in [2.24, 2.45) is 11.1 Å². The van der Waals surface area contributed by atoms with E-state index in [1.54, 1.807) is 7.11 Å². The number of nitrogens with one attached hydrogen (secondary N) is 2. The zero-order valence-electron chi connectivity index (χ0n) is 14.0. The van der Waals surface area contributed by atoms with Crippen molar-refractivity contribution in [3.63, 3.8) is 0 Å². The molecule has 1 aliphatic rings. The minimum Gasteiger partial charge on any atom is -0.497 e. The van der Waals surface area contributed by atoms with Crippen molar-refractivity contribution >= 4 is 11.8 Å². The molecule has 0 atom stereocenters. The largest absolute Gasteiger partial charge is 0.497 e. The first-order valence-electron chi connectivity index (χ1n) is 8.05. The smallest absolute Gasteiger partial charge is 0.239 e. The Labute approximate surface area is 141 Å². The third-order valence-corrected chi connectivity index (χ3v) is 4.38. The molecule has 0 saturated carbocycles. The third kappa shape index (κ3) is 4.69. The van der Waals surface area contributed by atoms with Gasteiger partial charge in [0.2, 0.25) is 11.8 Å². The summed E-state index contributed by atoms with van der Waals surface area (Å²) in [6.07, 6.45) is 1.17. The van der Waals surface area contributed by atoms with E-state index in [0.29, 0.717) is 32.6 Å². The van der Waals surface area contributed by atoms with E-state index in [1.165, 1.54) is 0 Å². The van der Waals surface area contributed by atoms with Crippen LogP contribution in [0.3, 0.4) is 0 Å². The van der Waals surface area contributed by atoms with E-state index < -0.39 is 5.41 Å². The van der Waals surface area contributed by atoms with Gasteiger partial charge in [-0.3, -0.25) is 9.59 Å². The molecule has 0 spiro atoms. The van der Waals surface area contributed by atoms with Crippen LogP contribution >= 0.6 is 0 Å². The Morgan fingerprint density at radius 3 is 2.46 bits per heavy atom. The number of amides is 2. The molecule has 1 heterocycles. The molecule has 7 nitrogen and oxygen atoms in total. The van der Waals surface area contributed by atoms with Crippen molar-refractivity contribution in [1.82, 2.24) is 10.6 Å². The Morgan fingerprint density at radius 2 is 1.88 bits per heavy atom. The normalized spacial score (nSPS) is 16.2. The minimum atomic E-state index is -0.617. The molecule has 1 aromatic carbocycles. The Hall–Kier alpha value is -2.12. The average Bonchev–Trinajstić information content (AvgIpc) is 2.65. The highest BCUT2D eigenvalue weighted by atomic mass is 16.5. The van der Waals surface area contributed by atoms with Gasteiger partial charge >= 0.3 is 0 Å². The molecule has 24 heavy (non-hydrogen) atoms. The first-order chi connectivity index (χ1) is 11.6. The van der Waals surface area contributed by atoms with Crippen LogP contribution < -0.4 is 21.1 Å². The summed E-state index contributed by atoms with van der Waals surface area (Å²) in [4.78, 5) is 24.3. The van der Waals surface area contributed by atoms with Crippen molar-refractivity contribution in [3.05, 3.63) is 29.8 Å². The predicted molar refractivity (Wildman–Crippen MR) is 89.4 cm³/mol. The van der Waals surface area contributed by atoms with Gasteiger partial charge in [0, 0.05) is 26.3 Å². The van der Waals surface area contributed by atoms with Crippen LogP contribution in [0.2, 0.25) is 0 Å². The summed E-state index contributed by atoms with van der Waals surface area (Å²) in [5.41, 5.74) is 6.12. The summed E-state index contributed by atoms with van der Waals surface area (Å²) in [6, 6.07) is 7.42. The van der Waals surface area contributed by atoms with Gasteiger partial charge in [-0.15, -0.1) is 0 Å². The molecule has 0 radical (unpaired) electrons. The molecule has 0 aromatic heterocycles. The first kappa shape index (κ1) is 18.2. The molecular formula is C17H25N3O4. The van der Waals surface area contributed by atoms with Crippen LogP contribution in [0.15, 0.2) is 24.3 Å². The monoisotopic (exact) mass is 335 g/mol. The van der Waals surface area contributed by atoms with E-state index in [4.69, 9.17) is 15.2 Å². The molecule has 0 unspecified atom stereocenters. The van der Waals surface area contributed by atoms with Gasteiger partial charge in [0.05, 0.1) is 19.1 Å². The molecule has 0 aliphatic carbocycles. The quantitative estimate of drug-likeness (QED) is 0.660. The summed E-state index contributed by atoms with van der Waals surface area (Å²) < 4.78 is 10.4. The van der Waals surface area contributed by atoms with Gasteiger partial charge in [-0.05, 0) is 30.5 Å². The summed E-state index contributed by atoms with van der Waals surface area (Å²) >= 11 is 0. The Bertz CT molecular complexity index is 553. The number of carbonyl (C=O) groups excluding carboxylic acids is 2. The fourth-order valence-corrected chi connectivity index (χ4v) is 2.64. The van der Waals surface area contributed by atoms with E-state index in [0.717, 1.165) is 11.3 Å². The Kier molecular flexibility index (Phi) is 6.57. The molecular weight excluding hydrogens is 310 g/mol. The zero-order chi connectivity index (χ0) is 17.4. The highest BCUT2D eigenvalue weighted by Gasteiger charge is 2.38. The minimum absolute atomic E-state index is 0.0579. The summed E-state index contributed by atoms with van der Waals surface area (Å²) in [5, 5.41) is 5.47. The second-order valence-electron chi connectivity index (χ2n) is 5.90. The van der Waals surface area contributed by atoms with Crippen LogP contribution in [0, 0.1) is 5.41 Å². The van der Waals surface area contributed by atoms with Crippen molar-refractivity contribution < 1.29 is 19.1 Å². The van der Waals surface area contributed by atoms with Gasteiger partial charge in [0.1, 0.15) is 5.75 Å². The SMILES string of the molecule is COc1ccc(CNC(=O)CNC(=O)C2(CN)CCOCC2)cc1. The van der Waals surface area contributed by atoms with Gasteiger partial charge in [-0.25, -0.2) is 0 Å². The number of ether oxygens (including phenoxy) is 2. The van der Waals surface area contributed by atoms with Crippen LogP contribution in [0.1, 0.15) is 18.4 Å². The van der Waals surface area contributed by atoms with Gasteiger partial charge in [-0.2, -0.15) is 0 Å². The number of nitrogens with two attached hydrogens (primary N) is 1. The van der Waals surface area contributed by atoms with Gasteiger partial charge in [0.25, 0.3) is 0 Å². The van der Waals surface area contributed by atoms with E-state index in [-0.39, 0.29) is 24.9 Å². The van der Waals surface area contributed by atoms with Gasteiger partial charge in [0.15, 0.2) is 0 Å². The van der Waals surface area contributed by atoms with Crippen molar-refractivity contribution in [3.8, 4) is 5.75 Å². The van der Waals surface area contributed by atoms with Crippen LogP contribution in [-0.4, -0.2) is 45.2 Å². The number of hydrogen-bond acceptors (Lipinski definition) is 5. The topological polar surface area (TPSA) is 103 Å². The molecule has 4 N–H and O–H groups in total. The molecule has 7 heteroatoms. The summed E-state index contributed by atoms with van der Waals surface area (Å²) in [6.45, 7) is 1.64. The second-order valence-corrected chi connectivity index (χ2v) is 5.90. The van der Waals surface area contributed by atoms with E-state index in [9.17, 15) is 9.59 Å². The highest BCUT2D eigenvalue weighted by molar-refractivity contribution is 5.88.